The summed E-state index contributed by atoms with van der Waals surface area (Å²) in [6.07, 6.45) is 0. The predicted molar refractivity (Wildman–Crippen MR) is 149 cm³/mol. The summed E-state index contributed by atoms with van der Waals surface area (Å²) < 4.78 is 58.4. The van der Waals surface area contributed by atoms with E-state index in [0.29, 0.717) is 24.3 Å². The number of sulfonamides is 2. The zero-order chi connectivity index (χ0) is 26.5. The van der Waals surface area contributed by atoms with Gasteiger partial charge in [0.1, 0.15) is 4.90 Å². The summed E-state index contributed by atoms with van der Waals surface area (Å²) >= 11 is 0. The zero-order valence-corrected chi connectivity index (χ0v) is 22.8. The molecule has 0 aliphatic carbocycles. The Hall–Kier alpha value is -2.92. The van der Waals surface area contributed by atoms with Gasteiger partial charge in [-0.15, -0.1) is 0 Å². The Labute approximate surface area is 220 Å². The number of piperazine rings is 1. The molecule has 0 aromatic heterocycles. The lowest BCUT2D eigenvalue weighted by Gasteiger charge is -2.36. The van der Waals surface area contributed by atoms with Crippen LogP contribution < -0.4 is 14.3 Å². The minimum absolute atomic E-state index is 0.0557. The molecule has 8 nitrogen and oxygen atoms in total. The van der Waals surface area contributed by atoms with Gasteiger partial charge >= 0.3 is 0 Å². The maximum atomic E-state index is 13.7. The van der Waals surface area contributed by atoms with Crippen molar-refractivity contribution in [3.05, 3.63) is 90.0 Å². The van der Waals surface area contributed by atoms with Crippen molar-refractivity contribution in [3.8, 4) is 0 Å². The Kier molecular flexibility index (Phi) is 8.53. The van der Waals surface area contributed by atoms with Crippen molar-refractivity contribution in [3.63, 3.8) is 0 Å². The third-order valence-corrected chi connectivity index (χ3v) is 9.34. The monoisotopic (exact) mass is 542 g/mol. The molecule has 10 heteroatoms. The molecule has 37 heavy (non-hydrogen) atoms. The summed E-state index contributed by atoms with van der Waals surface area (Å²) in [5.41, 5.74) is 2.25. The lowest BCUT2D eigenvalue weighted by Crippen LogP contribution is -2.46. The molecule has 1 atom stereocenters. The van der Waals surface area contributed by atoms with Crippen LogP contribution in [-0.2, 0) is 25.8 Å². The third-order valence-electron chi connectivity index (χ3n) is 6.51. The van der Waals surface area contributed by atoms with Crippen LogP contribution in [0.25, 0.3) is 0 Å². The van der Waals surface area contributed by atoms with Crippen LogP contribution in [-0.4, -0.2) is 54.5 Å². The van der Waals surface area contributed by atoms with Crippen molar-refractivity contribution in [2.24, 2.45) is 0 Å². The predicted octanol–water partition coefficient (Wildman–Crippen LogP) is 3.81. The van der Waals surface area contributed by atoms with E-state index in [2.05, 4.69) is 26.2 Å². The molecule has 0 radical (unpaired) electrons. The molecule has 1 heterocycles. The molecule has 1 aliphatic rings. The van der Waals surface area contributed by atoms with Gasteiger partial charge in [0.25, 0.3) is 0 Å². The van der Waals surface area contributed by atoms with E-state index in [9.17, 15) is 16.8 Å². The first-order valence-corrected chi connectivity index (χ1v) is 15.5. The summed E-state index contributed by atoms with van der Waals surface area (Å²) in [6.45, 7) is 7.87. The summed E-state index contributed by atoms with van der Waals surface area (Å²) in [4.78, 5) is 4.42. The van der Waals surface area contributed by atoms with E-state index in [4.69, 9.17) is 0 Å². The van der Waals surface area contributed by atoms with Crippen LogP contribution in [0.2, 0.25) is 0 Å². The van der Waals surface area contributed by atoms with Gasteiger partial charge in [-0.25, -0.2) is 21.6 Å². The SMILES string of the molecule is CCN1CCN(c2ccc(NS(=O)(=O)Cc3ccccc3)cc2S(=O)(=O)NC(C)c2ccccc2)CC1. The van der Waals surface area contributed by atoms with Gasteiger partial charge in [-0.05, 0) is 42.8 Å². The standard InChI is InChI=1S/C27H34N4O4S2/c1-3-30-16-18-31(19-17-30)26-15-14-25(29-36(32,33)21-23-10-6-4-7-11-23)20-27(26)37(34,35)28-22(2)24-12-8-5-9-13-24/h4-15,20,22,28-29H,3,16-19,21H2,1-2H3. The number of benzene rings is 3. The molecular weight excluding hydrogens is 508 g/mol. The average Bonchev–Trinajstić information content (AvgIpc) is 2.89. The summed E-state index contributed by atoms with van der Waals surface area (Å²) in [5.74, 6) is -0.208. The minimum Gasteiger partial charge on any atom is -0.368 e. The van der Waals surface area contributed by atoms with Gasteiger partial charge in [-0.1, -0.05) is 67.6 Å². The Balaban J connectivity index is 1.65. The normalized spacial score (nSPS) is 15.9. The second kappa shape index (κ2) is 11.6. The fourth-order valence-corrected chi connectivity index (χ4v) is 7.15. The molecule has 0 bridgehead atoms. The Morgan fingerprint density at radius 1 is 0.838 bits per heavy atom. The zero-order valence-electron chi connectivity index (χ0n) is 21.2. The fourth-order valence-electron chi connectivity index (χ4n) is 4.47. The van der Waals surface area contributed by atoms with Crippen LogP contribution in [0, 0.1) is 0 Å². The highest BCUT2D eigenvalue weighted by atomic mass is 32.2. The number of likely N-dealkylation sites (N-methyl/N-ethyl adjacent to an activating group) is 1. The van der Waals surface area contributed by atoms with Gasteiger partial charge in [0, 0.05) is 37.9 Å². The van der Waals surface area contributed by atoms with E-state index in [1.165, 1.54) is 6.07 Å². The summed E-state index contributed by atoms with van der Waals surface area (Å²) in [6, 6.07) is 22.5. The molecule has 1 unspecified atom stereocenters. The van der Waals surface area contributed by atoms with Gasteiger partial charge in [-0.2, -0.15) is 0 Å². The van der Waals surface area contributed by atoms with E-state index < -0.39 is 26.1 Å². The number of hydrogen-bond donors (Lipinski definition) is 2. The highest BCUT2D eigenvalue weighted by Gasteiger charge is 2.27. The van der Waals surface area contributed by atoms with Gasteiger partial charge in [0.05, 0.1) is 11.4 Å². The molecule has 3 aromatic carbocycles. The second-order valence-corrected chi connectivity index (χ2v) is 12.6. The largest absolute Gasteiger partial charge is 0.368 e. The van der Waals surface area contributed by atoms with Gasteiger partial charge in [0.15, 0.2) is 0 Å². The molecule has 1 fully saturated rings. The van der Waals surface area contributed by atoms with E-state index in [1.807, 2.05) is 36.4 Å². The van der Waals surface area contributed by atoms with Gasteiger partial charge < -0.3 is 9.80 Å². The quantitative estimate of drug-likeness (QED) is 0.404. The van der Waals surface area contributed by atoms with E-state index in [1.54, 1.807) is 43.3 Å². The molecule has 3 aromatic rings. The maximum absolute atomic E-state index is 13.7. The maximum Gasteiger partial charge on any atom is 0.243 e. The molecule has 0 saturated carbocycles. The first-order valence-electron chi connectivity index (χ1n) is 12.4. The van der Waals surface area contributed by atoms with Crippen molar-refractivity contribution in [1.82, 2.24) is 9.62 Å². The van der Waals surface area contributed by atoms with Crippen molar-refractivity contribution < 1.29 is 16.8 Å². The van der Waals surface area contributed by atoms with E-state index in [-0.39, 0.29) is 16.3 Å². The fraction of sp³-hybridized carbons (Fsp3) is 0.333. The van der Waals surface area contributed by atoms with Crippen LogP contribution in [0.5, 0.6) is 0 Å². The molecule has 2 N–H and O–H groups in total. The van der Waals surface area contributed by atoms with Gasteiger partial charge in [-0.3, -0.25) is 4.72 Å². The number of nitrogens with one attached hydrogen (secondary N) is 2. The molecule has 0 amide bonds. The summed E-state index contributed by atoms with van der Waals surface area (Å²) in [5, 5.41) is 0. The Morgan fingerprint density at radius 2 is 1.46 bits per heavy atom. The number of anilines is 2. The number of rotatable bonds is 10. The molecular formula is C27H34N4O4S2. The van der Waals surface area contributed by atoms with E-state index >= 15 is 0 Å². The lowest BCUT2D eigenvalue weighted by molar-refractivity contribution is 0.271. The first-order chi connectivity index (χ1) is 17.7. The van der Waals surface area contributed by atoms with Crippen LogP contribution in [0.1, 0.15) is 31.0 Å². The molecule has 198 valence electrons. The molecule has 0 spiro atoms. The highest BCUT2D eigenvalue weighted by Crippen LogP contribution is 2.31. The summed E-state index contributed by atoms with van der Waals surface area (Å²) in [7, 11) is -7.73. The average molecular weight is 543 g/mol. The number of nitrogens with zero attached hydrogens (tertiary/aromatic N) is 2. The second-order valence-electron chi connectivity index (χ2n) is 9.20. The van der Waals surface area contributed by atoms with Crippen molar-refractivity contribution >= 4 is 31.4 Å². The minimum atomic E-state index is -3.98. The Morgan fingerprint density at radius 3 is 2.08 bits per heavy atom. The van der Waals surface area contributed by atoms with Crippen molar-refractivity contribution in [2.45, 2.75) is 30.5 Å². The third kappa shape index (κ3) is 7.10. The van der Waals surface area contributed by atoms with Crippen molar-refractivity contribution in [2.75, 3.05) is 42.3 Å². The molecule has 4 rings (SSSR count). The van der Waals surface area contributed by atoms with Crippen molar-refractivity contribution in [1.29, 1.82) is 0 Å². The Bertz CT molecular complexity index is 1390. The topological polar surface area (TPSA) is 98.8 Å². The van der Waals surface area contributed by atoms with Crippen LogP contribution >= 0.6 is 0 Å². The van der Waals surface area contributed by atoms with Crippen LogP contribution in [0.4, 0.5) is 11.4 Å². The smallest absolute Gasteiger partial charge is 0.243 e. The highest BCUT2D eigenvalue weighted by molar-refractivity contribution is 7.92. The van der Waals surface area contributed by atoms with Crippen LogP contribution in [0.15, 0.2) is 83.8 Å². The molecule has 1 saturated heterocycles. The van der Waals surface area contributed by atoms with E-state index in [0.717, 1.165) is 25.2 Å². The first kappa shape index (κ1) is 27.1. The molecule has 1 aliphatic heterocycles. The lowest BCUT2D eigenvalue weighted by atomic mass is 10.1. The van der Waals surface area contributed by atoms with Gasteiger partial charge in [0.2, 0.25) is 20.0 Å². The van der Waals surface area contributed by atoms with Crippen LogP contribution in [0.3, 0.4) is 0 Å². The number of hydrogen-bond acceptors (Lipinski definition) is 6.